The monoisotopic (exact) mass is 393 g/mol. The number of piperidine rings is 1. The molecule has 2 amide bonds. The molecule has 1 saturated carbocycles. The van der Waals surface area contributed by atoms with Crippen LogP contribution in [0.25, 0.3) is 10.8 Å². The normalized spacial score (nSPS) is 19.2. The molecule has 0 aromatic heterocycles. The highest BCUT2D eigenvalue weighted by molar-refractivity contribution is 6.02. The topological polar surface area (TPSA) is 61.4 Å². The Kier molecular flexibility index (Phi) is 6.45. The number of rotatable bonds is 5. The number of carbonyl (C=O) groups is 2. The van der Waals surface area contributed by atoms with Crippen LogP contribution in [0.5, 0.6) is 0 Å². The van der Waals surface area contributed by atoms with Gasteiger partial charge < -0.3 is 10.6 Å². The molecule has 0 spiro atoms. The van der Waals surface area contributed by atoms with E-state index in [0.717, 1.165) is 55.2 Å². The highest BCUT2D eigenvalue weighted by Crippen LogP contribution is 2.25. The lowest BCUT2D eigenvalue weighted by Gasteiger charge is -2.33. The minimum Gasteiger partial charge on any atom is -0.353 e. The highest BCUT2D eigenvalue weighted by atomic mass is 16.2. The number of hydrogen-bond acceptors (Lipinski definition) is 3. The van der Waals surface area contributed by atoms with Gasteiger partial charge in [-0.25, -0.2) is 0 Å². The first-order valence-electron chi connectivity index (χ1n) is 11.0. The molecule has 0 radical (unpaired) electrons. The molecule has 5 heteroatoms. The summed E-state index contributed by atoms with van der Waals surface area (Å²) >= 11 is 0. The molecule has 4 rings (SSSR count). The van der Waals surface area contributed by atoms with Crippen molar-refractivity contribution in [2.24, 2.45) is 5.92 Å². The predicted molar refractivity (Wildman–Crippen MR) is 117 cm³/mol. The zero-order chi connectivity index (χ0) is 20.1. The number of carbonyl (C=O) groups excluding carboxylic acids is 2. The van der Waals surface area contributed by atoms with E-state index in [9.17, 15) is 9.59 Å². The molecule has 0 unspecified atom stereocenters. The molecular formula is C24H31N3O2. The number of nitrogens with one attached hydrogen (secondary N) is 2. The second-order valence-electron chi connectivity index (χ2n) is 8.47. The van der Waals surface area contributed by atoms with Crippen LogP contribution in [0.4, 0.5) is 5.69 Å². The van der Waals surface area contributed by atoms with Gasteiger partial charge in [-0.15, -0.1) is 0 Å². The molecule has 1 heterocycles. The van der Waals surface area contributed by atoms with Crippen LogP contribution in [-0.2, 0) is 9.59 Å². The first-order chi connectivity index (χ1) is 14.2. The van der Waals surface area contributed by atoms with E-state index >= 15 is 0 Å². The Bertz CT molecular complexity index is 847. The summed E-state index contributed by atoms with van der Waals surface area (Å²) in [6.07, 6.45) is 7.55. The van der Waals surface area contributed by atoms with Gasteiger partial charge in [-0.05, 0) is 37.1 Å². The third-order valence-corrected chi connectivity index (χ3v) is 6.34. The third-order valence-electron chi connectivity index (χ3n) is 6.34. The molecule has 29 heavy (non-hydrogen) atoms. The maximum atomic E-state index is 12.6. The van der Waals surface area contributed by atoms with Crippen LogP contribution >= 0.6 is 0 Å². The summed E-state index contributed by atoms with van der Waals surface area (Å²) in [4.78, 5) is 27.2. The third kappa shape index (κ3) is 5.15. The molecule has 154 valence electrons. The number of hydrogen-bond donors (Lipinski definition) is 2. The molecule has 2 aromatic carbocycles. The van der Waals surface area contributed by atoms with Crippen molar-refractivity contribution in [2.75, 3.05) is 25.0 Å². The van der Waals surface area contributed by atoms with Crippen LogP contribution in [0.15, 0.2) is 42.5 Å². The lowest BCUT2D eigenvalue weighted by atomic mass is 9.88. The van der Waals surface area contributed by atoms with Crippen molar-refractivity contribution in [1.29, 1.82) is 0 Å². The first kappa shape index (κ1) is 19.9. The molecule has 2 fully saturated rings. The molecule has 5 nitrogen and oxygen atoms in total. The fourth-order valence-corrected chi connectivity index (χ4v) is 4.65. The lowest BCUT2D eigenvalue weighted by molar-refractivity contribution is -0.127. The number of fused-ring (bicyclic) bond motifs is 1. The van der Waals surface area contributed by atoms with Gasteiger partial charge in [0.05, 0.1) is 6.54 Å². The summed E-state index contributed by atoms with van der Waals surface area (Å²) in [5, 5.41) is 8.51. The van der Waals surface area contributed by atoms with Gasteiger partial charge in [0.2, 0.25) is 11.8 Å². The van der Waals surface area contributed by atoms with Gasteiger partial charge in [-0.2, -0.15) is 0 Å². The molecule has 0 bridgehead atoms. The van der Waals surface area contributed by atoms with Crippen molar-refractivity contribution < 1.29 is 9.59 Å². The van der Waals surface area contributed by atoms with Gasteiger partial charge in [0.15, 0.2) is 0 Å². The van der Waals surface area contributed by atoms with Gasteiger partial charge in [0.25, 0.3) is 0 Å². The van der Waals surface area contributed by atoms with Crippen LogP contribution in [0, 0.1) is 5.92 Å². The van der Waals surface area contributed by atoms with E-state index in [-0.39, 0.29) is 23.8 Å². The van der Waals surface area contributed by atoms with Gasteiger partial charge in [-0.1, -0.05) is 55.7 Å². The fraction of sp³-hybridized carbons (Fsp3) is 0.500. The average molecular weight is 394 g/mol. The van der Waals surface area contributed by atoms with Crippen molar-refractivity contribution in [3.8, 4) is 0 Å². The van der Waals surface area contributed by atoms with Crippen LogP contribution in [0.1, 0.15) is 44.9 Å². The summed E-state index contributed by atoms with van der Waals surface area (Å²) in [7, 11) is 0. The number of anilines is 1. The number of likely N-dealkylation sites (tertiary alicyclic amines) is 1. The lowest BCUT2D eigenvalue weighted by Crippen LogP contribution is -2.48. The second kappa shape index (κ2) is 9.40. The van der Waals surface area contributed by atoms with Crippen molar-refractivity contribution in [1.82, 2.24) is 10.2 Å². The molecular weight excluding hydrogens is 362 g/mol. The SMILES string of the molecule is O=C(CN1CCC(NC(=O)C2CCCCC2)CC1)Nc1cccc2ccccc12. The van der Waals surface area contributed by atoms with Gasteiger partial charge in [0.1, 0.15) is 0 Å². The Balaban J connectivity index is 1.24. The summed E-state index contributed by atoms with van der Waals surface area (Å²) < 4.78 is 0. The maximum absolute atomic E-state index is 12.6. The zero-order valence-electron chi connectivity index (χ0n) is 17.0. The molecule has 2 aliphatic rings. The number of benzene rings is 2. The Morgan fingerprint density at radius 2 is 1.62 bits per heavy atom. The van der Waals surface area contributed by atoms with E-state index in [1.165, 1.54) is 19.3 Å². The van der Waals surface area contributed by atoms with Crippen molar-refractivity contribution in [2.45, 2.75) is 51.0 Å². The zero-order valence-corrected chi connectivity index (χ0v) is 17.0. The van der Waals surface area contributed by atoms with E-state index in [4.69, 9.17) is 0 Å². The summed E-state index contributed by atoms with van der Waals surface area (Å²) in [6.45, 7) is 2.09. The molecule has 1 aliphatic carbocycles. The fourth-order valence-electron chi connectivity index (χ4n) is 4.65. The second-order valence-corrected chi connectivity index (χ2v) is 8.47. The highest BCUT2D eigenvalue weighted by Gasteiger charge is 2.26. The van der Waals surface area contributed by atoms with E-state index in [0.29, 0.717) is 6.54 Å². The van der Waals surface area contributed by atoms with Gasteiger partial charge in [0, 0.05) is 36.1 Å². The molecule has 1 saturated heterocycles. The Labute approximate surface area is 172 Å². The van der Waals surface area contributed by atoms with Crippen molar-refractivity contribution in [3.05, 3.63) is 42.5 Å². The molecule has 2 aromatic rings. The first-order valence-corrected chi connectivity index (χ1v) is 11.0. The number of nitrogens with zero attached hydrogens (tertiary/aromatic N) is 1. The van der Waals surface area contributed by atoms with Crippen LogP contribution < -0.4 is 10.6 Å². The van der Waals surface area contributed by atoms with Crippen LogP contribution in [0.3, 0.4) is 0 Å². The van der Waals surface area contributed by atoms with Crippen molar-refractivity contribution >= 4 is 28.3 Å². The van der Waals surface area contributed by atoms with Gasteiger partial charge in [-0.3, -0.25) is 14.5 Å². The summed E-state index contributed by atoms with van der Waals surface area (Å²) in [5.74, 6) is 0.483. The standard InChI is InChI=1S/C24H31N3O2/c28-23(26-22-12-6-10-18-7-4-5-11-21(18)22)17-27-15-13-20(14-16-27)25-24(29)19-8-2-1-3-9-19/h4-7,10-12,19-20H,1-3,8-9,13-17H2,(H,25,29)(H,26,28). The number of amides is 2. The largest absolute Gasteiger partial charge is 0.353 e. The Hall–Kier alpha value is -2.40. The molecule has 1 aliphatic heterocycles. The smallest absolute Gasteiger partial charge is 0.238 e. The van der Waals surface area contributed by atoms with E-state index in [1.54, 1.807) is 0 Å². The minimum atomic E-state index is 0.0195. The molecule has 0 atom stereocenters. The van der Waals surface area contributed by atoms with Crippen LogP contribution in [-0.4, -0.2) is 42.4 Å². The maximum Gasteiger partial charge on any atom is 0.238 e. The average Bonchev–Trinajstić information content (AvgIpc) is 2.76. The van der Waals surface area contributed by atoms with Gasteiger partial charge >= 0.3 is 0 Å². The van der Waals surface area contributed by atoms with E-state index < -0.39 is 0 Å². The van der Waals surface area contributed by atoms with E-state index in [2.05, 4.69) is 27.7 Å². The quantitative estimate of drug-likeness (QED) is 0.809. The summed E-state index contributed by atoms with van der Waals surface area (Å²) in [6, 6.07) is 14.3. The summed E-state index contributed by atoms with van der Waals surface area (Å²) in [5.41, 5.74) is 0.864. The Morgan fingerprint density at radius 3 is 2.41 bits per heavy atom. The molecule has 2 N–H and O–H groups in total. The predicted octanol–water partition coefficient (Wildman–Crippen LogP) is 3.94. The Morgan fingerprint density at radius 1 is 0.897 bits per heavy atom. The minimum absolute atomic E-state index is 0.0195. The van der Waals surface area contributed by atoms with Crippen molar-refractivity contribution in [3.63, 3.8) is 0 Å². The van der Waals surface area contributed by atoms with Crippen LogP contribution in [0.2, 0.25) is 0 Å². The van der Waals surface area contributed by atoms with E-state index in [1.807, 2.05) is 30.3 Å².